The van der Waals surface area contributed by atoms with Crippen molar-refractivity contribution in [3.63, 3.8) is 0 Å². The highest BCUT2D eigenvalue weighted by molar-refractivity contribution is 5.26. The first-order valence-corrected chi connectivity index (χ1v) is 7.49. The van der Waals surface area contributed by atoms with Crippen LogP contribution in [0.15, 0.2) is 18.5 Å². The number of rotatable bonds is 9. The van der Waals surface area contributed by atoms with Crippen LogP contribution in [0.25, 0.3) is 0 Å². The zero-order valence-electron chi connectivity index (χ0n) is 12.2. The molecular formula is C16H28N2. The van der Waals surface area contributed by atoms with Gasteiger partial charge in [0.05, 0.1) is 0 Å². The smallest absolute Gasteiger partial charge is 0.0324 e. The highest BCUT2D eigenvalue weighted by Gasteiger charge is 2.13. The average Bonchev–Trinajstić information content (AvgIpc) is 2.42. The molecule has 0 bridgehead atoms. The molecule has 0 saturated carbocycles. The Morgan fingerprint density at radius 1 is 1.17 bits per heavy atom. The molecule has 1 N–H and O–H groups in total. The molecule has 0 aromatic carbocycles. The standard InChI is InChI=1S/C16H28N2/c1-4-7-8-9-16(18-11-5-2)15-10-12-17-13-14(15)6-3/h10,12-13,16,18H,4-9,11H2,1-3H3. The molecule has 0 aliphatic heterocycles. The topological polar surface area (TPSA) is 24.9 Å². The van der Waals surface area contributed by atoms with Crippen molar-refractivity contribution in [3.05, 3.63) is 29.6 Å². The quantitative estimate of drug-likeness (QED) is 0.660. The maximum atomic E-state index is 4.25. The molecule has 0 amide bonds. The molecule has 102 valence electrons. The lowest BCUT2D eigenvalue weighted by atomic mass is 9.96. The van der Waals surface area contributed by atoms with Crippen LogP contribution < -0.4 is 5.32 Å². The fourth-order valence-corrected chi connectivity index (χ4v) is 2.36. The zero-order chi connectivity index (χ0) is 13.2. The Bertz CT molecular complexity index is 323. The molecule has 0 saturated heterocycles. The largest absolute Gasteiger partial charge is 0.310 e. The Kier molecular flexibility index (Phi) is 7.66. The highest BCUT2D eigenvalue weighted by atomic mass is 14.9. The molecular weight excluding hydrogens is 220 g/mol. The normalized spacial score (nSPS) is 12.6. The summed E-state index contributed by atoms with van der Waals surface area (Å²) in [5.74, 6) is 0. The monoisotopic (exact) mass is 248 g/mol. The van der Waals surface area contributed by atoms with Crippen LogP contribution in [0.4, 0.5) is 0 Å². The second kappa shape index (κ2) is 9.09. The number of nitrogens with zero attached hydrogens (tertiary/aromatic N) is 1. The fourth-order valence-electron chi connectivity index (χ4n) is 2.36. The van der Waals surface area contributed by atoms with Gasteiger partial charge in [-0.3, -0.25) is 4.98 Å². The van der Waals surface area contributed by atoms with E-state index in [9.17, 15) is 0 Å². The van der Waals surface area contributed by atoms with Crippen molar-refractivity contribution in [2.75, 3.05) is 6.54 Å². The summed E-state index contributed by atoms with van der Waals surface area (Å²) in [6, 6.07) is 2.70. The van der Waals surface area contributed by atoms with E-state index in [1.165, 1.54) is 43.2 Å². The Labute approximate surface area is 112 Å². The maximum absolute atomic E-state index is 4.25. The number of aromatic nitrogens is 1. The minimum absolute atomic E-state index is 0.509. The van der Waals surface area contributed by atoms with E-state index in [0.717, 1.165) is 13.0 Å². The molecule has 0 aliphatic carbocycles. The molecule has 1 aromatic heterocycles. The lowest BCUT2D eigenvalue weighted by Crippen LogP contribution is -2.23. The Morgan fingerprint density at radius 3 is 2.67 bits per heavy atom. The van der Waals surface area contributed by atoms with E-state index in [2.05, 4.69) is 37.1 Å². The summed E-state index contributed by atoms with van der Waals surface area (Å²) in [5, 5.41) is 3.69. The lowest BCUT2D eigenvalue weighted by molar-refractivity contribution is 0.471. The number of aryl methyl sites for hydroxylation is 1. The van der Waals surface area contributed by atoms with Crippen molar-refractivity contribution in [3.8, 4) is 0 Å². The Hall–Kier alpha value is -0.890. The molecule has 18 heavy (non-hydrogen) atoms. The molecule has 2 nitrogen and oxygen atoms in total. The first kappa shape index (κ1) is 15.2. The molecule has 1 rings (SSSR count). The SMILES string of the molecule is CCCCCC(NCCC)c1ccncc1CC. The third-order valence-corrected chi connectivity index (χ3v) is 3.43. The van der Waals surface area contributed by atoms with Crippen LogP contribution in [0.3, 0.4) is 0 Å². The lowest BCUT2D eigenvalue weighted by Gasteiger charge is -2.21. The van der Waals surface area contributed by atoms with E-state index in [-0.39, 0.29) is 0 Å². The average molecular weight is 248 g/mol. The van der Waals surface area contributed by atoms with Crippen molar-refractivity contribution in [2.45, 2.75) is 65.3 Å². The highest BCUT2D eigenvalue weighted by Crippen LogP contribution is 2.23. The molecule has 1 heterocycles. The summed E-state index contributed by atoms with van der Waals surface area (Å²) < 4.78 is 0. The van der Waals surface area contributed by atoms with Gasteiger partial charge in [0.2, 0.25) is 0 Å². The van der Waals surface area contributed by atoms with Gasteiger partial charge in [-0.1, -0.05) is 40.0 Å². The maximum Gasteiger partial charge on any atom is 0.0324 e. The summed E-state index contributed by atoms with van der Waals surface area (Å²) in [6.07, 6.45) is 11.4. The molecule has 0 fully saturated rings. The Balaban J connectivity index is 2.72. The number of nitrogens with one attached hydrogen (secondary N) is 1. The van der Waals surface area contributed by atoms with Crippen LogP contribution in [0.5, 0.6) is 0 Å². The van der Waals surface area contributed by atoms with Gasteiger partial charge in [0.25, 0.3) is 0 Å². The Morgan fingerprint density at radius 2 is 2.00 bits per heavy atom. The first-order chi connectivity index (χ1) is 8.83. The van der Waals surface area contributed by atoms with E-state index in [4.69, 9.17) is 0 Å². The van der Waals surface area contributed by atoms with Gasteiger partial charge in [0.1, 0.15) is 0 Å². The van der Waals surface area contributed by atoms with Crippen LogP contribution in [0, 0.1) is 0 Å². The van der Waals surface area contributed by atoms with Gasteiger partial charge in [-0.15, -0.1) is 0 Å². The van der Waals surface area contributed by atoms with Gasteiger partial charge in [-0.05, 0) is 43.0 Å². The summed E-state index contributed by atoms with van der Waals surface area (Å²) >= 11 is 0. The van der Waals surface area contributed by atoms with E-state index >= 15 is 0 Å². The van der Waals surface area contributed by atoms with Gasteiger partial charge in [-0.2, -0.15) is 0 Å². The van der Waals surface area contributed by atoms with Crippen LogP contribution in [0.2, 0.25) is 0 Å². The second-order valence-electron chi connectivity index (χ2n) is 4.93. The third kappa shape index (κ3) is 4.77. The van der Waals surface area contributed by atoms with E-state index in [1.54, 1.807) is 0 Å². The third-order valence-electron chi connectivity index (χ3n) is 3.43. The molecule has 0 radical (unpaired) electrons. The minimum atomic E-state index is 0.509. The fraction of sp³-hybridized carbons (Fsp3) is 0.688. The predicted octanol–water partition coefficient (Wildman–Crippen LogP) is 4.27. The van der Waals surface area contributed by atoms with Gasteiger partial charge in [-0.25, -0.2) is 0 Å². The van der Waals surface area contributed by atoms with Gasteiger partial charge >= 0.3 is 0 Å². The van der Waals surface area contributed by atoms with Crippen molar-refractivity contribution in [1.29, 1.82) is 0 Å². The molecule has 1 unspecified atom stereocenters. The van der Waals surface area contributed by atoms with Gasteiger partial charge < -0.3 is 5.32 Å². The van der Waals surface area contributed by atoms with Crippen molar-refractivity contribution < 1.29 is 0 Å². The van der Waals surface area contributed by atoms with Crippen molar-refractivity contribution >= 4 is 0 Å². The number of pyridine rings is 1. The summed E-state index contributed by atoms with van der Waals surface area (Å²) in [4.78, 5) is 4.25. The molecule has 0 spiro atoms. The van der Waals surface area contributed by atoms with Crippen molar-refractivity contribution in [1.82, 2.24) is 10.3 Å². The molecule has 1 aromatic rings. The first-order valence-electron chi connectivity index (χ1n) is 7.49. The summed E-state index contributed by atoms with van der Waals surface area (Å²) in [7, 11) is 0. The minimum Gasteiger partial charge on any atom is -0.310 e. The zero-order valence-corrected chi connectivity index (χ0v) is 12.2. The van der Waals surface area contributed by atoms with Crippen LogP contribution >= 0.6 is 0 Å². The summed E-state index contributed by atoms with van der Waals surface area (Å²) in [5.41, 5.74) is 2.85. The molecule has 0 aliphatic rings. The number of hydrogen-bond donors (Lipinski definition) is 1. The van der Waals surface area contributed by atoms with E-state index in [0.29, 0.717) is 6.04 Å². The predicted molar refractivity (Wildman–Crippen MR) is 78.8 cm³/mol. The van der Waals surface area contributed by atoms with Crippen molar-refractivity contribution in [2.24, 2.45) is 0 Å². The van der Waals surface area contributed by atoms with E-state index < -0.39 is 0 Å². The summed E-state index contributed by atoms with van der Waals surface area (Å²) in [6.45, 7) is 7.80. The van der Waals surface area contributed by atoms with Crippen LogP contribution in [0.1, 0.15) is 70.0 Å². The van der Waals surface area contributed by atoms with Crippen LogP contribution in [-0.2, 0) is 6.42 Å². The van der Waals surface area contributed by atoms with Gasteiger partial charge in [0.15, 0.2) is 0 Å². The van der Waals surface area contributed by atoms with E-state index in [1.807, 2.05) is 12.4 Å². The van der Waals surface area contributed by atoms with Gasteiger partial charge in [0, 0.05) is 18.4 Å². The van der Waals surface area contributed by atoms with Crippen LogP contribution in [-0.4, -0.2) is 11.5 Å². The number of hydrogen-bond acceptors (Lipinski definition) is 2. The second-order valence-corrected chi connectivity index (χ2v) is 4.93. The number of unbranched alkanes of at least 4 members (excludes halogenated alkanes) is 2. The molecule has 2 heteroatoms. The molecule has 1 atom stereocenters.